The number of nitrogens with one attached hydrogen (secondary N) is 1. The van der Waals surface area contributed by atoms with Gasteiger partial charge in [-0.25, -0.2) is 9.37 Å². The molecule has 8 nitrogen and oxygen atoms in total. The number of rotatable bonds is 4. The van der Waals surface area contributed by atoms with E-state index in [0.717, 1.165) is 15.9 Å². The van der Waals surface area contributed by atoms with E-state index >= 15 is 4.39 Å². The summed E-state index contributed by atoms with van der Waals surface area (Å²) in [6.45, 7) is 3.31. The van der Waals surface area contributed by atoms with Gasteiger partial charge in [-0.2, -0.15) is 0 Å². The number of halogens is 1. The van der Waals surface area contributed by atoms with E-state index in [1.807, 2.05) is 30.0 Å². The molecule has 0 bridgehead atoms. The first-order chi connectivity index (χ1) is 15.8. The van der Waals surface area contributed by atoms with Crippen LogP contribution in [-0.4, -0.2) is 55.9 Å². The number of methoxy groups -OCH3 is 1. The van der Waals surface area contributed by atoms with Crippen LogP contribution in [0.1, 0.15) is 20.9 Å². The number of benzene rings is 1. The highest BCUT2D eigenvalue weighted by atomic mass is 32.1. The summed E-state index contributed by atoms with van der Waals surface area (Å²) >= 11 is 1.25. The third-order valence-corrected chi connectivity index (χ3v) is 7.40. The molecule has 10 heteroatoms. The Balaban J connectivity index is 1.31. The van der Waals surface area contributed by atoms with Gasteiger partial charge in [0.1, 0.15) is 27.9 Å². The molecular weight excluding hydrogens is 445 g/mol. The van der Waals surface area contributed by atoms with Crippen LogP contribution in [0, 0.1) is 12.7 Å². The van der Waals surface area contributed by atoms with E-state index < -0.39 is 0 Å². The van der Waals surface area contributed by atoms with Crippen molar-refractivity contribution >= 4 is 38.8 Å². The summed E-state index contributed by atoms with van der Waals surface area (Å²) in [5.41, 5.74) is 14.7. The fraction of sp³-hybridized carbons (Fsp3) is 0.391. The molecule has 1 saturated heterocycles. The van der Waals surface area contributed by atoms with Gasteiger partial charge in [0.2, 0.25) is 0 Å². The van der Waals surface area contributed by atoms with Gasteiger partial charge < -0.3 is 31.2 Å². The summed E-state index contributed by atoms with van der Waals surface area (Å²) in [6.07, 6.45) is 0.236. The van der Waals surface area contributed by atoms with Crippen molar-refractivity contribution in [1.29, 1.82) is 0 Å². The lowest BCUT2D eigenvalue weighted by Crippen LogP contribution is -2.43. The number of ether oxygens (including phenoxy) is 2. The Labute approximate surface area is 194 Å². The lowest BCUT2D eigenvalue weighted by molar-refractivity contribution is 0.0919. The molecule has 2 aliphatic rings. The minimum absolute atomic E-state index is 0.0925. The van der Waals surface area contributed by atoms with E-state index in [4.69, 9.17) is 20.9 Å². The van der Waals surface area contributed by atoms with E-state index in [1.165, 1.54) is 17.4 Å². The summed E-state index contributed by atoms with van der Waals surface area (Å²) < 4.78 is 26.3. The van der Waals surface area contributed by atoms with Gasteiger partial charge in [0.15, 0.2) is 0 Å². The fourth-order valence-corrected chi connectivity index (χ4v) is 5.51. The molecule has 174 valence electrons. The second-order valence-electron chi connectivity index (χ2n) is 8.58. The van der Waals surface area contributed by atoms with E-state index in [-0.39, 0.29) is 36.5 Å². The van der Waals surface area contributed by atoms with Gasteiger partial charge in [0, 0.05) is 55.0 Å². The van der Waals surface area contributed by atoms with Crippen molar-refractivity contribution in [1.82, 2.24) is 10.3 Å². The summed E-state index contributed by atoms with van der Waals surface area (Å²) in [4.78, 5) is 20.5. The van der Waals surface area contributed by atoms with Crippen molar-refractivity contribution in [2.24, 2.45) is 5.73 Å². The summed E-state index contributed by atoms with van der Waals surface area (Å²) in [7, 11) is 1.63. The number of amides is 1. The Bertz CT molecular complexity index is 1230. The van der Waals surface area contributed by atoms with Crippen molar-refractivity contribution in [3.05, 3.63) is 46.2 Å². The summed E-state index contributed by atoms with van der Waals surface area (Å²) in [6, 6.07) is 6.56. The van der Waals surface area contributed by atoms with Crippen LogP contribution >= 0.6 is 11.3 Å². The Morgan fingerprint density at radius 3 is 2.94 bits per heavy atom. The van der Waals surface area contributed by atoms with Crippen LogP contribution in [0.15, 0.2) is 24.3 Å². The van der Waals surface area contributed by atoms with Crippen LogP contribution in [0.5, 0.6) is 5.75 Å². The van der Waals surface area contributed by atoms with Crippen LogP contribution in [0.2, 0.25) is 0 Å². The summed E-state index contributed by atoms with van der Waals surface area (Å²) in [5, 5.41) is 3.70. The second-order valence-corrected chi connectivity index (χ2v) is 9.58. The molecule has 0 spiro atoms. The monoisotopic (exact) mass is 471 g/mol. The van der Waals surface area contributed by atoms with Crippen LogP contribution in [0.4, 0.5) is 15.8 Å². The molecule has 1 fully saturated rings. The number of aryl methyl sites for hydroxylation is 1. The standard InChI is InChI=1S/C23H26FN5O3S/c1-11-3-4-14-20(26)21(33-23(14)27-11)22(30)28-12-5-15-16(24)6-13(7-18(15)32-10-12)29-8-17(25)19(9-29)31-2/h3-4,6-7,12,17,19H,5,8-10,25-26H2,1-2H3,(H,28,30)/t12-,17?,19?/m1/s1. The van der Waals surface area contributed by atoms with E-state index in [2.05, 4.69) is 10.3 Å². The molecule has 4 heterocycles. The molecule has 2 aliphatic heterocycles. The van der Waals surface area contributed by atoms with Gasteiger partial charge in [0.25, 0.3) is 5.91 Å². The number of nitrogens with two attached hydrogens (primary N) is 2. The van der Waals surface area contributed by atoms with E-state index in [1.54, 1.807) is 7.11 Å². The number of nitrogen functional groups attached to an aromatic ring is 1. The Kier molecular flexibility index (Phi) is 5.59. The quantitative estimate of drug-likeness (QED) is 0.534. The molecule has 1 aromatic carbocycles. The number of hydrogen-bond acceptors (Lipinski definition) is 8. The topological polar surface area (TPSA) is 116 Å². The Morgan fingerprint density at radius 2 is 2.18 bits per heavy atom. The highest BCUT2D eigenvalue weighted by Gasteiger charge is 2.32. The fourth-order valence-electron chi connectivity index (χ4n) is 4.46. The molecule has 2 unspecified atom stereocenters. The zero-order chi connectivity index (χ0) is 23.3. The van der Waals surface area contributed by atoms with Crippen LogP contribution in [0.25, 0.3) is 10.2 Å². The van der Waals surface area contributed by atoms with Crippen LogP contribution in [-0.2, 0) is 11.2 Å². The highest BCUT2D eigenvalue weighted by molar-refractivity contribution is 7.21. The third-order valence-electron chi connectivity index (χ3n) is 6.28. The number of pyridine rings is 1. The molecule has 33 heavy (non-hydrogen) atoms. The number of anilines is 2. The molecule has 0 saturated carbocycles. The number of hydrogen-bond donors (Lipinski definition) is 3. The van der Waals surface area contributed by atoms with Gasteiger partial charge in [0.05, 0.1) is 23.9 Å². The maximum atomic E-state index is 15.0. The first kappa shape index (κ1) is 21.9. The Hall–Kier alpha value is -2.95. The average molecular weight is 472 g/mol. The lowest BCUT2D eigenvalue weighted by Gasteiger charge is -2.28. The Morgan fingerprint density at radius 1 is 1.36 bits per heavy atom. The smallest absolute Gasteiger partial charge is 0.263 e. The number of fused-ring (bicyclic) bond motifs is 2. The predicted octanol–water partition coefficient (Wildman–Crippen LogP) is 2.22. The number of carbonyl (C=O) groups excluding carboxylic acids is 1. The van der Waals surface area contributed by atoms with Gasteiger partial charge in [-0.05, 0) is 25.1 Å². The first-order valence-electron chi connectivity index (χ1n) is 10.8. The number of thiophene rings is 1. The predicted molar refractivity (Wildman–Crippen MR) is 127 cm³/mol. The largest absolute Gasteiger partial charge is 0.491 e. The van der Waals surface area contributed by atoms with Crippen molar-refractivity contribution in [2.75, 3.05) is 37.4 Å². The maximum absolute atomic E-state index is 15.0. The SMILES string of the molecule is COC1CN(c2cc(F)c3c(c2)OC[C@H](NC(=O)c2sc4nc(C)ccc4c2N)C3)CC1N. The van der Waals surface area contributed by atoms with Gasteiger partial charge in [-0.1, -0.05) is 0 Å². The molecule has 0 radical (unpaired) electrons. The van der Waals surface area contributed by atoms with Crippen molar-refractivity contribution in [3.8, 4) is 5.75 Å². The lowest BCUT2D eigenvalue weighted by atomic mass is 10.0. The van der Waals surface area contributed by atoms with Gasteiger partial charge in [-0.3, -0.25) is 4.79 Å². The van der Waals surface area contributed by atoms with E-state index in [9.17, 15) is 4.79 Å². The van der Waals surface area contributed by atoms with Gasteiger partial charge >= 0.3 is 0 Å². The van der Waals surface area contributed by atoms with Crippen molar-refractivity contribution in [3.63, 3.8) is 0 Å². The zero-order valence-electron chi connectivity index (χ0n) is 18.4. The average Bonchev–Trinajstić information content (AvgIpc) is 3.33. The molecule has 3 atom stereocenters. The van der Waals surface area contributed by atoms with Crippen molar-refractivity contribution < 1.29 is 18.7 Å². The molecule has 0 aliphatic carbocycles. The maximum Gasteiger partial charge on any atom is 0.263 e. The summed E-state index contributed by atoms with van der Waals surface area (Å²) in [5.74, 6) is -0.179. The van der Waals surface area contributed by atoms with Crippen LogP contribution < -0.4 is 26.4 Å². The molecule has 2 aromatic heterocycles. The van der Waals surface area contributed by atoms with E-state index in [0.29, 0.717) is 47.1 Å². The van der Waals surface area contributed by atoms with Crippen LogP contribution in [0.3, 0.4) is 0 Å². The second kappa shape index (κ2) is 8.44. The number of nitrogens with zero attached hydrogens (tertiary/aromatic N) is 2. The number of carbonyl (C=O) groups is 1. The van der Waals surface area contributed by atoms with Crippen molar-refractivity contribution in [2.45, 2.75) is 31.5 Å². The third kappa shape index (κ3) is 3.98. The molecule has 5 N–H and O–H groups in total. The minimum Gasteiger partial charge on any atom is -0.491 e. The molecule has 3 aromatic rings. The molecule has 1 amide bonds. The van der Waals surface area contributed by atoms with Gasteiger partial charge in [-0.15, -0.1) is 11.3 Å². The highest BCUT2D eigenvalue weighted by Crippen LogP contribution is 2.35. The zero-order valence-corrected chi connectivity index (χ0v) is 19.2. The molecular formula is C23H26FN5O3S. The molecule has 5 rings (SSSR count). The normalized spacial score (nSPS) is 22.3. The minimum atomic E-state index is -0.372. The number of aromatic nitrogens is 1. The first-order valence-corrected chi connectivity index (χ1v) is 11.6.